The average molecular weight is 251 g/mol. The second kappa shape index (κ2) is 7.34. The van der Waals surface area contributed by atoms with E-state index in [0.717, 1.165) is 31.0 Å². The van der Waals surface area contributed by atoms with Crippen LogP contribution in [0.1, 0.15) is 25.1 Å². The van der Waals surface area contributed by atoms with Gasteiger partial charge in [-0.2, -0.15) is 0 Å². The fourth-order valence-corrected chi connectivity index (χ4v) is 1.98. The van der Waals surface area contributed by atoms with Crippen LogP contribution in [0.15, 0.2) is 12.3 Å². The third kappa shape index (κ3) is 4.27. The smallest absolute Gasteiger partial charge is 0.0637 e. The second-order valence-electron chi connectivity index (χ2n) is 4.99. The van der Waals surface area contributed by atoms with E-state index in [1.54, 1.807) is 7.11 Å². The van der Waals surface area contributed by atoms with Crippen LogP contribution in [0.4, 0.5) is 5.69 Å². The molecule has 0 fully saturated rings. The summed E-state index contributed by atoms with van der Waals surface area (Å²) in [4.78, 5) is 6.65. The summed E-state index contributed by atoms with van der Waals surface area (Å²) in [5.74, 6) is 0.598. The molecule has 0 unspecified atom stereocenters. The van der Waals surface area contributed by atoms with Crippen molar-refractivity contribution in [2.75, 3.05) is 31.7 Å². The lowest BCUT2D eigenvalue weighted by molar-refractivity contribution is 0.204. The number of anilines is 1. The Morgan fingerprint density at radius 1 is 1.44 bits per heavy atom. The number of hydrogen-bond donors (Lipinski definition) is 1. The van der Waals surface area contributed by atoms with E-state index < -0.39 is 0 Å². The van der Waals surface area contributed by atoms with Gasteiger partial charge in [-0.1, -0.05) is 13.8 Å². The summed E-state index contributed by atoms with van der Waals surface area (Å²) in [6.07, 6.45) is 1.88. The minimum absolute atomic E-state index is 0.518. The van der Waals surface area contributed by atoms with Crippen LogP contribution >= 0.6 is 0 Å². The summed E-state index contributed by atoms with van der Waals surface area (Å²) in [6, 6.07) is 2.11. The minimum atomic E-state index is 0.518. The van der Waals surface area contributed by atoms with Crippen molar-refractivity contribution in [3.05, 3.63) is 23.5 Å². The van der Waals surface area contributed by atoms with Gasteiger partial charge in [0.1, 0.15) is 0 Å². The van der Waals surface area contributed by atoms with Gasteiger partial charge in [0.2, 0.25) is 0 Å². The first-order valence-electron chi connectivity index (χ1n) is 6.48. The molecule has 1 rings (SSSR count). The highest BCUT2D eigenvalue weighted by Gasteiger charge is 2.12. The second-order valence-corrected chi connectivity index (χ2v) is 4.99. The molecule has 0 saturated heterocycles. The molecular weight excluding hydrogens is 226 g/mol. The molecular formula is C14H25N3O. The topological polar surface area (TPSA) is 51.4 Å². The van der Waals surface area contributed by atoms with Gasteiger partial charge in [-0.25, -0.2) is 0 Å². The van der Waals surface area contributed by atoms with Gasteiger partial charge in [0.15, 0.2) is 0 Å². The molecule has 4 nitrogen and oxygen atoms in total. The first-order valence-corrected chi connectivity index (χ1v) is 6.48. The van der Waals surface area contributed by atoms with Crippen molar-refractivity contribution in [2.45, 2.75) is 27.3 Å². The molecule has 2 N–H and O–H groups in total. The van der Waals surface area contributed by atoms with Gasteiger partial charge in [0.05, 0.1) is 6.61 Å². The van der Waals surface area contributed by atoms with Gasteiger partial charge in [-0.15, -0.1) is 0 Å². The highest BCUT2D eigenvalue weighted by molar-refractivity contribution is 5.53. The highest BCUT2D eigenvalue weighted by Crippen LogP contribution is 2.21. The summed E-state index contributed by atoms with van der Waals surface area (Å²) in [7, 11) is 1.73. The van der Waals surface area contributed by atoms with Crippen LogP contribution in [0.5, 0.6) is 0 Å². The van der Waals surface area contributed by atoms with Crippen LogP contribution in [0.2, 0.25) is 0 Å². The van der Waals surface area contributed by atoms with Gasteiger partial charge in [-0.3, -0.25) is 4.98 Å². The molecule has 0 saturated carbocycles. The van der Waals surface area contributed by atoms with E-state index in [4.69, 9.17) is 10.5 Å². The highest BCUT2D eigenvalue weighted by atomic mass is 16.5. The molecule has 0 aliphatic carbocycles. The number of rotatable bonds is 7. The Morgan fingerprint density at radius 3 is 2.72 bits per heavy atom. The lowest BCUT2D eigenvalue weighted by Crippen LogP contribution is -2.32. The van der Waals surface area contributed by atoms with E-state index in [0.29, 0.717) is 12.5 Å². The Morgan fingerprint density at radius 2 is 2.17 bits per heavy atom. The number of aryl methyl sites for hydroxylation is 1. The standard InChI is InChI=1S/C14H25N3O/c1-11(2)10-17(5-6-18-4)14-7-12(3)16-9-13(14)8-15/h7,9,11H,5-6,8,10,15H2,1-4H3. The maximum Gasteiger partial charge on any atom is 0.0637 e. The molecule has 0 bridgehead atoms. The molecule has 0 spiro atoms. The lowest BCUT2D eigenvalue weighted by atomic mass is 10.1. The van der Waals surface area contributed by atoms with Gasteiger partial charge in [-0.05, 0) is 18.9 Å². The fraction of sp³-hybridized carbons (Fsp3) is 0.643. The molecule has 0 atom stereocenters. The Bertz CT molecular complexity index is 366. The third-order valence-corrected chi connectivity index (χ3v) is 2.81. The average Bonchev–Trinajstić information content (AvgIpc) is 2.34. The van der Waals surface area contributed by atoms with Crippen LogP contribution in [0.25, 0.3) is 0 Å². The van der Waals surface area contributed by atoms with E-state index in [1.807, 2.05) is 13.1 Å². The van der Waals surface area contributed by atoms with Crippen molar-refractivity contribution < 1.29 is 4.74 Å². The molecule has 0 aliphatic rings. The molecule has 1 heterocycles. The van der Waals surface area contributed by atoms with Gasteiger partial charge < -0.3 is 15.4 Å². The number of hydrogen-bond acceptors (Lipinski definition) is 4. The van der Waals surface area contributed by atoms with E-state index in [9.17, 15) is 0 Å². The molecule has 0 amide bonds. The number of nitrogens with zero attached hydrogens (tertiary/aromatic N) is 2. The predicted molar refractivity (Wildman–Crippen MR) is 75.8 cm³/mol. The van der Waals surface area contributed by atoms with Crippen molar-refractivity contribution in [1.29, 1.82) is 0 Å². The number of pyridine rings is 1. The molecule has 1 aromatic rings. The normalized spacial score (nSPS) is 11.0. The van der Waals surface area contributed by atoms with Crippen LogP contribution in [-0.4, -0.2) is 31.8 Å². The monoisotopic (exact) mass is 251 g/mol. The van der Waals surface area contributed by atoms with Crippen molar-refractivity contribution in [1.82, 2.24) is 4.98 Å². The maximum atomic E-state index is 5.80. The summed E-state index contributed by atoms with van der Waals surface area (Å²) >= 11 is 0. The first kappa shape index (κ1) is 14.9. The number of ether oxygens (including phenoxy) is 1. The molecule has 0 aliphatic heterocycles. The van der Waals surface area contributed by atoms with Crippen molar-refractivity contribution in [3.63, 3.8) is 0 Å². The van der Waals surface area contributed by atoms with E-state index >= 15 is 0 Å². The fourth-order valence-electron chi connectivity index (χ4n) is 1.98. The molecule has 102 valence electrons. The molecule has 18 heavy (non-hydrogen) atoms. The molecule has 0 radical (unpaired) electrons. The third-order valence-electron chi connectivity index (χ3n) is 2.81. The van der Waals surface area contributed by atoms with E-state index in [-0.39, 0.29) is 0 Å². The number of aromatic nitrogens is 1. The number of nitrogens with two attached hydrogens (primary N) is 1. The molecule has 1 aromatic heterocycles. The zero-order valence-electron chi connectivity index (χ0n) is 11.9. The van der Waals surface area contributed by atoms with Crippen LogP contribution in [0, 0.1) is 12.8 Å². The Kier molecular flexibility index (Phi) is 6.09. The summed E-state index contributed by atoms with van der Waals surface area (Å²) in [6.45, 7) is 9.56. The lowest BCUT2D eigenvalue weighted by Gasteiger charge is -2.28. The van der Waals surface area contributed by atoms with Gasteiger partial charge >= 0.3 is 0 Å². The quantitative estimate of drug-likeness (QED) is 0.805. The van der Waals surface area contributed by atoms with Crippen LogP contribution < -0.4 is 10.6 Å². The van der Waals surface area contributed by atoms with Crippen molar-refractivity contribution >= 4 is 5.69 Å². The van der Waals surface area contributed by atoms with E-state index in [2.05, 4.69) is 29.8 Å². The predicted octanol–water partition coefficient (Wildman–Crippen LogP) is 1.96. The zero-order chi connectivity index (χ0) is 13.5. The maximum absolute atomic E-state index is 5.80. The zero-order valence-corrected chi connectivity index (χ0v) is 11.9. The van der Waals surface area contributed by atoms with Crippen molar-refractivity contribution in [2.24, 2.45) is 11.7 Å². The van der Waals surface area contributed by atoms with Gasteiger partial charge in [0, 0.05) is 49.9 Å². The Hall–Kier alpha value is -1.13. The summed E-state index contributed by atoms with van der Waals surface area (Å²) in [5, 5.41) is 0. The minimum Gasteiger partial charge on any atom is -0.383 e. The van der Waals surface area contributed by atoms with Crippen LogP contribution in [0.3, 0.4) is 0 Å². The largest absolute Gasteiger partial charge is 0.383 e. The summed E-state index contributed by atoms with van der Waals surface area (Å²) in [5.41, 5.74) is 9.11. The van der Waals surface area contributed by atoms with E-state index in [1.165, 1.54) is 5.69 Å². The first-order chi connectivity index (χ1) is 8.58. The molecule has 4 heteroatoms. The number of methoxy groups -OCH3 is 1. The Labute approximate surface area is 110 Å². The van der Waals surface area contributed by atoms with Gasteiger partial charge in [0.25, 0.3) is 0 Å². The Balaban J connectivity index is 2.98. The summed E-state index contributed by atoms with van der Waals surface area (Å²) < 4.78 is 5.19. The van der Waals surface area contributed by atoms with Crippen molar-refractivity contribution in [3.8, 4) is 0 Å². The van der Waals surface area contributed by atoms with Crippen LogP contribution in [-0.2, 0) is 11.3 Å². The SMILES string of the molecule is COCCN(CC(C)C)c1cc(C)ncc1CN. The molecule has 0 aromatic carbocycles.